The number of halogens is 1. The Bertz CT molecular complexity index is 1910. The Labute approximate surface area is 265 Å². The first-order valence-corrected chi connectivity index (χ1v) is 15.5. The van der Waals surface area contributed by atoms with Gasteiger partial charge >= 0.3 is 17.9 Å². The number of carbonyl (C=O) groups is 2. The van der Waals surface area contributed by atoms with Gasteiger partial charge in [-0.2, -0.15) is 0 Å². The monoisotopic (exact) mass is 640 g/mol. The van der Waals surface area contributed by atoms with E-state index in [9.17, 15) is 19.2 Å². The van der Waals surface area contributed by atoms with Crippen LogP contribution in [-0.4, -0.2) is 46.6 Å². The second-order valence-electron chi connectivity index (χ2n) is 13.7. The number of hydrogen-bond donors (Lipinski definition) is 1. The van der Waals surface area contributed by atoms with Gasteiger partial charge < -0.3 is 19.4 Å². The molecule has 0 aliphatic heterocycles. The molecule has 1 unspecified atom stereocenters. The van der Waals surface area contributed by atoms with Gasteiger partial charge in [-0.05, 0) is 78.5 Å². The van der Waals surface area contributed by atoms with Crippen LogP contribution in [0.2, 0.25) is 5.02 Å². The highest BCUT2D eigenvalue weighted by atomic mass is 35.5. The summed E-state index contributed by atoms with van der Waals surface area (Å²) in [6, 6.07) is 6.31. The SMILES string of the molecule is Cn1c(C(NC(=O)OC(C)(C)C)C2CCCC2)nc2c1c(=O)n(Cc1cc3c(Cl)cccc3n1C(=O)OC(C)(C)C)c(=O)n2C. The van der Waals surface area contributed by atoms with Crippen LogP contribution in [0.3, 0.4) is 0 Å². The molecule has 12 nitrogen and oxygen atoms in total. The van der Waals surface area contributed by atoms with E-state index in [0.717, 1.165) is 30.3 Å². The Morgan fingerprint density at radius 2 is 1.67 bits per heavy atom. The Morgan fingerprint density at radius 1 is 1.02 bits per heavy atom. The third-order valence-electron chi connectivity index (χ3n) is 7.98. The van der Waals surface area contributed by atoms with Crippen molar-refractivity contribution in [1.82, 2.24) is 28.6 Å². The first kappa shape index (κ1) is 32.3. The minimum atomic E-state index is -0.788. The number of aryl methyl sites for hydroxylation is 2. The molecule has 3 aromatic heterocycles. The number of nitrogens with zero attached hydrogens (tertiary/aromatic N) is 5. The number of alkyl carbamates (subject to hydrolysis) is 1. The first-order valence-electron chi connectivity index (χ1n) is 15.1. The van der Waals surface area contributed by atoms with Crippen molar-refractivity contribution >= 4 is 45.9 Å². The summed E-state index contributed by atoms with van der Waals surface area (Å²) in [4.78, 5) is 58.9. The van der Waals surface area contributed by atoms with Gasteiger partial charge in [0.15, 0.2) is 11.2 Å². The third-order valence-corrected chi connectivity index (χ3v) is 8.31. The number of benzene rings is 1. The van der Waals surface area contributed by atoms with Crippen LogP contribution in [0.4, 0.5) is 9.59 Å². The van der Waals surface area contributed by atoms with E-state index in [1.165, 1.54) is 9.13 Å². The van der Waals surface area contributed by atoms with Crippen molar-refractivity contribution in [2.45, 2.75) is 91.0 Å². The van der Waals surface area contributed by atoms with Gasteiger partial charge in [-0.25, -0.2) is 23.9 Å². The van der Waals surface area contributed by atoms with Crippen molar-refractivity contribution in [2.24, 2.45) is 20.0 Å². The summed E-state index contributed by atoms with van der Waals surface area (Å²) in [7, 11) is 3.25. The molecule has 1 fully saturated rings. The van der Waals surface area contributed by atoms with Crippen molar-refractivity contribution < 1.29 is 19.1 Å². The van der Waals surface area contributed by atoms with Crippen molar-refractivity contribution in [3.63, 3.8) is 0 Å². The van der Waals surface area contributed by atoms with Crippen LogP contribution in [0.1, 0.15) is 84.8 Å². The molecule has 1 saturated carbocycles. The highest BCUT2D eigenvalue weighted by molar-refractivity contribution is 6.35. The maximum Gasteiger partial charge on any atom is 0.419 e. The summed E-state index contributed by atoms with van der Waals surface area (Å²) in [5.41, 5.74) is -1.44. The predicted octanol–water partition coefficient (Wildman–Crippen LogP) is 5.63. The summed E-state index contributed by atoms with van der Waals surface area (Å²) in [6.45, 7) is 10.4. The molecular formula is C32H41ClN6O6. The summed E-state index contributed by atoms with van der Waals surface area (Å²) < 4.78 is 16.6. The lowest BCUT2D eigenvalue weighted by Crippen LogP contribution is -2.40. The topological polar surface area (TPSA) is 131 Å². The number of rotatable bonds is 5. The lowest BCUT2D eigenvalue weighted by molar-refractivity contribution is 0.0479. The van der Waals surface area contributed by atoms with Crippen molar-refractivity contribution in [3.05, 3.63) is 61.6 Å². The quantitative estimate of drug-likeness (QED) is 0.299. The Morgan fingerprint density at radius 3 is 2.29 bits per heavy atom. The molecule has 242 valence electrons. The van der Waals surface area contributed by atoms with E-state index in [4.69, 9.17) is 26.1 Å². The number of amides is 1. The molecule has 1 N–H and O–H groups in total. The van der Waals surface area contributed by atoms with E-state index >= 15 is 0 Å². The van der Waals surface area contributed by atoms with Gasteiger partial charge in [-0.1, -0.05) is 30.5 Å². The van der Waals surface area contributed by atoms with Crippen LogP contribution in [0, 0.1) is 5.92 Å². The molecule has 13 heteroatoms. The van der Waals surface area contributed by atoms with Crippen molar-refractivity contribution in [1.29, 1.82) is 0 Å². The van der Waals surface area contributed by atoms with Crippen LogP contribution in [0.5, 0.6) is 0 Å². The van der Waals surface area contributed by atoms with Gasteiger partial charge in [0.1, 0.15) is 17.0 Å². The second-order valence-corrected chi connectivity index (χ2v) is 14.1. The largest absolute Gasteiger partial charge is 0.444 e. The Balaban J connectivity index is 1.64. The summed E-state index contributed by atoms with van der Waals surface area (Å²) in [6.07, 6.45) is 2.56. The molecule has 5 rings (SSSR count). The number of nitrogens with one attached hydrogen (secondary N) is 1. The molecule has 1 aliphatic carbocycles. The second kappa shape index (κ2) is 11.7. The Hall–Kier alpha value is -4.06. The number of imidazole rings is 1. The average Bonchev–Trinajstić information content (AvgIpc) is 3.65. The highest BCUT2D eigenvalue weighted by Crippen LogP contribution is 2.36. The van der Waals surface area contributed by atoms with Crippen molar-refractivity contribution in [2.75, 3.05) is 0 Å². The standard InChI is InChI=1S/C32H41ClN6O6/c1-31(2,3)44-28(41)34-23(18-12-9-10-13-18)25-35-26-24(36(25)7)27(40)38(29(42)37(26)8)17-19-16-20-21(33)14-11-15-22(20)39(19)30(43)45-32(4,5)6/h11,14-16,18,23H,9-10,12-13,17H2,1-8H3,(H,34,41). The fraction of sp³-hybridized carbons (Fsp3) is 0.531. The number of ether oxygens (including phenoxy) is 2. The Kier molecular flexibility index (Phi) is 8.41. The third kappa shape index (κ3) is 6.38. The van der Waals surface area contributed by atoms with Gasteiger partial charge in [-0.3, -0.25) is 13.9 Å². The van der Waals surface area contributed by atoms with Crippen LogP contribution in [0.15, 0.2) is 33.9 Å². The van der Waals surface area contributed by atoms with E-state index in [0.29, 0.717) is 27.4 Å². The molecule has 1 aliphatic rings. The zero-order valence-corrected chi connectivity index (χ0v) is 27.8. The molecule has 1 amide bonds. The van der Waals surface area contributed by atoms with E-state index in [-0.39, 0.29) is 23.6 Å². The molecule has 45 heavy (non-hydrogen) atoms. The molecule has 0 saturated heterocycles. The molecule has 4 aromatic rings. The molecule has 1 atom stereocenters. The number of hydrogen-bond acceptors (Lipinski definition) is 7. The van der Waals surface area contributed by atoms with E-state index < -0.39 is 40.7 Å². The van der Waals surface area contributed by atoms with Crippen LogP contribution < -0.4 is 16.6 Å². The maximum atomic E-state index is 14.1. The number of fused-ring (bicyclic) bond motifs is 2. The van der Waals surface area contributed by atoms with Gasteiger partial charge in [-0.15, -0.1) is 0 Å². The van der Waals surface area contributed by atoms with E-state index in [2.05, 4.69) is 5.32 Å². The summed E-state index contributed by atoms with van der Waals surface area (Å²) in [5.74, 6) is 0.545. The van der Waals surface area contributed by atoms with Gasteiger partial charge in [0.25, 0.3) is 5.56 Å². The summed E-state index contributed by atoms with van der Waals surface area (Å²) in [5, 5.41) is 3.99. The fourth-order valence-corrected chi connectivity index (χ4v) is 6.27. The fourth-order valence-electron chi connectivity index (χ4n) is 6.05. The van der Waals surface area contributed by atoms with Gasteiger partial charge in [0.05, 0.1) is 23.8 Å². The first-order chi connectivity index (χ1) is 21.0. The molecule has 3 heterocycles. The highest BCUT2D eigenvalue weighted by Gasteiger charge is 2.34. The zero-order chi connectivity index (χ0) is 33.0. The number of carbonyl (C=O) groups excluding carboxylic acids is 2. The normalized spacial score (nSPS) is 15.1. The lowest BCUT2D eigenvalue weighted by atomic mass is 9.97. The van der Waals surface area contributed by atoms with Crippen LogP contribution in [0.25, 0.3) is 22.1 Å². The minimum Gasteiger partial charge on any atom is -0.444 e. The van der Waals surface area contributed by atoms with Gasteiger partial charge in [0, 0.05) is 24.5 Å². The van der Waals surface area contributed by atoms with Crippen LogP contribution >= 0.6 is 11.6 Å². The molecule has 1 aromatic carbocycles. The van der Waals surface area contributed by atoms with E-state index in [1.54, 1.807) is 84.5 Å². The minimum absolute atomic E-state index is 0.0848. The molecule has 0 bridgehead atoms. The zero-order valence-electron chi connectivity index (χ0n) is 27.1. The smallest absolute Gasteiger partial charge is 0.419 e. The van der Waals surface area contributed by atoms with Crippen molar-refractivity contribution in [3.8, 4) is 0 Å². The summed E-state index contributed by atoms with van der Waals surface area (Å²) >= 11 is 6.48. The predicted molar refractivity (Wildman–Crippen MR) is 172 cm³/mol. The lowest BCUT2D eigenvalue weighted by Gasteiger charge is -2.26. The number of aromatic nitrogens is 5. The molecule has 0 radical (unpaired) electrons. The van der Waals surface area contributed by atoms with E-state index in [1.807, 2.05) is 0 Å². The molecule has 0 spiro atoms. The molecular weight excluding hydrogens is 600 g/mol. The van der Waals surface area contributed by atoms with Gasteiger partial charge in [0.2, 0.25) is 0 Å². The average molecular weight is 641 g/mol. The maximum absolute atomic E-state index is 14.1. The van der Waals surface area contributed by atoms with Crippen LogP contribution in [-0.2, 0) is 30.1 Å².